The number of rotatable bonds is 11. The lowest BCUT2D eigenvalue weighted by atomic mass is 10.0. The van der Waals surface area contributed by atoms with Gasteiger partial charge in [0.1, 0.15) is 0 Å². The zero-order valence-corrected chi connectivity index (χ0v) is 14.5. The van der Waals surface area contributed by atoms with Gasteiger partial charge in [-0.1, -0.05) is 38.0 Å². The molecule has 1 aliphatic heterocycles. The highest BCUT2D eigenvalue weighted by molar-refractivity contribution is 5.86. The van der Waals surface area contributed by atoms with Gasteiger partial charge in [0.2, 0.25) is 0 Å². The number of hydrogen-bond donors (Lipinski definition) is 2. The van der Waals surface area contributed by atoms with Crippen molar-refractivity contribution in [1.29, 1.82) is 0 Å². The van der Waals surface area contributed by atoms with Crippen molar-refractivity contribution >= 4 is 11.9 Å². The molecule has 0 saturated carbocycles. The minimum atomic E-state index is -3.38. The number of amides is 1. The molecule has 2 N–H and O–H groups in total. The van der Waals surface area contributed by atoms with Crippen LogP contribution in [0.4, 0.5) is 8.78 Å². The van der Waals surface area contributed by atoms with E-state index in [4.69, 9.17) is 5.11 Å². The van der Waals surface area contributed by atoms with Gasteiger partial charge < -0.3 is 15.1 Å². The largest absolute Gasteiger partial charge is 0.481 e. The van der Waals surface area contributed by atoms with E-state index in [0.717, 1.165) is 4.90 Å². The van der Waals surface area contributed by atoms with Gasteiger partial charge in [0, 0.05) is 25.3 Å². The van der Waals surface area contributed by atoms with Crippen LogP contribution in [0.5, 0.6) is 0 Å². The second-order valence-electron chi connectivity index (χ2n) is 6.50. The topological polar surface area (TPSA) is 77.8 Å². The van der Waals surface area contributed by atoms with E-state index in [-0.39, 0.29) is 18.9 Å². The Labute approximate surface area is 147 Å². The van der Waals surface area contributed by atoms with Crippen molar-refractivity contribution in [2.45, 2.75) is 63.5 Å². The number of carbonyl (C=O) groups is 2. The fourth-order valence-corrected chi connectivity index (χ4v) is 2.73. The van der Waals surface area contributed by atoms with Gasteiger partial charge >= 0.3 is 11.9 Å². The molecular weight excluding hydrogens is 332 g/mol. The predicted octanol–water partition coefficient (Wildman–Crippen LogP) is 3.00. The molecule has 3 atom stereocenters. The van der Waals surface area contributed by atoms with Crippen molar-refractivity contribution in [2.24, 2.45) is 5.92 Å². The third kappa shape index (κ3) is 6.57. The van der Waals surface area contributed by atoms with Crippen molar-refractivity contribution in [2.75, 3.05) is 6.54 Å². The third-order valence-electron chi connectivity index (χ3n) is 4.42. The summed E-state index contributed by atoms with van der Waals surface area (Å²) in [5.74, 6) is -5.63. The summed E-state index contributed by atoms with van der Waals surface area (Å²) in [5.41, 5.74) is 0. The molecule has 7 heteroatoms. The van der Waals surface area contributed by atoms with Crippen LogP contribution >= 0.6 is 0 Å². The van der Waals surface area contributed by atoms with E-state index in [9.17, 15) is 23.5 Å². The molecule has 0 radical (unpaired) electrons. The molecule has 1 unspecified atom stereocenters. The first-order valence-electron chi connectivity index (χ1n) is 8.58. The van der Waals surface area contributed by atoms with Crippen LogP contribution in [0, 0.1) is 5.92 Å². The molecule has 0 aromatic heterocycles. The van der Waals surface area contributed by atoms with E-state index in [0.29, 0.717) is 25.7 Å². The van der Waals surface area contributed by atoms with Gasteiger partial charge in [-0.05, 0) is 12.8 Å². The van der Waals surface area contributed by atoms with Crippen LogP contribution in [0.1, 0.15) is 45.4 Å². The minimum absolute atomic E-state index is 0.0887. The van der Waals surface area contributed by atoms with Crippen molar-refractivity contribution < 1.29 is 28.6 Å². The first-order chi connectivity index (χ1) is 11.7. The Kier molecular flexibility index (Phi) is 8.22. The molecule has 1 amide bonds. The van der Waals surface area contributed by atoms with Crippen LogP contribution in [0.15, 0.2) is 24.8 Å². The van der Waals surface area contributed by atoms with Crippen molar-refractivity contribution in [3.63, 3.8) is 0 Å². The Bertz CT molecular complexity index is 507. The number of hydrogen-bond acceptors (Lipinski definition) is 3. The number of alkyl halides is 2. The molecule has 25 heavy (non-hydrogen) atoms. The Balaban J connectivity index is 2.57. The zero-order valence-electron chi connectivity index (χ0n) is 14.5. The molecule has 0 aromatic rings. The summed E-state index contributed by atoms with van der Waals surface area (Å²) in [6, 6.07) is -0.742. The Morgan fingerprint density at radius 3 is 2.64 bits per heavy atom. The Morgan fingerprint density at radius 2 is 2.04 bits per heavy atom. The normalized spacial score (nSPS) is 22.3. The second kappa shape index (κ2) is 9.65. The van der Waals surface area contributed by atoms with E-state index < -0.39 is 36.4 Å². The highest BCUT2D eigenvalue weighted by atomic mass is 19.3. The van der Waals surface area contributed by atoms with Gasteiger partial charge in [-0.15, -0.1) is 6.58 Å². The van der Waals surface area contributed by atoms with E-state index >= 15 is 0 Å². The average Bonchev–Trinajstić information content (AvgIpc) is 2.77. The number of aliphatic hydroxyl groups is 1. The van der Waals surface area contributed by atoms with Gasteiger partial charge in [0.25, 0.3) is 5.91 Å². The Hall–Kier alpha value is -1.76. The molecule has 5 nitrogen and oxygen atoms in total. The molecule has 142 valence electrons. The van der Waals surface area contributed by atoms with Gasteiger partial charge in [0.15, 0.2) is 0 Å². The number of halogens is 2. The first-order valence-corrected chi connectivity index (χ1v) is 8.58. The number of aliphatic carboxylic acids is 1. The molecule has 1 rings (SSSR count). The third-order valence-corrected chi connectivity index (χ3v) is 4.42. The highest BCUT2D eigenvalue weighted by Gasteiger charge is 2.52. The van der Waals surface area contributed by atoms with Crippen molar-refractivity contribution in [3.05, 3.63) is 24.8 Å². The smallest absolute Gasteiger partial charge is 0.327 e. The molecule has 0 bridgehead atoms. The van der Waals surface area contributed by atoms with Crippen LogP contribution < -0.4 is 0 Å². The summed E-state index contributed by atoms with van der Waals surface area (Å²) < 4.78 is 27.5. The summed E-state index contributed by atoms with van der Waals surface area (Å²) in [7, 11) is 0. The molecule has 0 spiro atoms. The van der Waals surface area contributed by atoms with Gasteiger partial charge in [0.05, 0.1) is 12.1 Å². The number of aliphatic hydroxyl groups excluding tert-OH is 1. The van der Waals surface area contributed by atoms with Gasteiger partial charge in [-0.2, -0.15) is 8.78 Å². The van der Waals surface area contributed by atoms with Gasteiger partial charge in [-0.3, -0.25) is 9.59 Å². The molecular formula is C18H27F2NO4. The molecule has 1 fully saturated rings. The van der Waals surface area contributed by atoms with Crippen LogP contribution in [0.3, 0.4) is 0 Å². The number of carboxylic acids is 1. The van der Waals surface area contributed by atoms with Crippen LogP contribution in [-0.2, 0) is 9.59 Å². The number of nitrogens with zero attached hydrogens (tertiary/aromatic N) is 1. The SMILES string of the molecule is C=CC(C)[C@H](O)/C=C/[C@H]1CC(F)(F)C(=O)N1CCCCCCC(=O)O. The van der Waals surface area contributed by atoms with Crippen molar-refractivity contribution in [1.82, 2.24) is 4.90 Å². The molecule has 0 aromatic carbocycles. The summed E-state index contributed by atoms with van der Waals surface area (Å²) in [6.45, 7) is 5.53. The van der Waals surface area contributed by atoms with E-state index in [1.807, 2.05) is 0 Å². The van der Waals surface area contributed by atoms with E-state index in [2.05, 4.69) is 6.58 Å². The maximum Gasteiger partial charge on any atom is 0.327 e. The lowest BCUT2D eigenvalue weighted by molar-refractivity contribution is -0.148. The summed E-state index contributed by atoms with van der Waals surface area (Å²) in [4.78, 5) is 23.4. The standard InChI is InChI=1S/C18H27F2NO4/c1-3-13(2)15(22)10-9-14-12-18(19,20)17(25)21(14)11-7-5-4-6-8-16(23)24/h3,9-10,13-15,22H,1,4-8,11-12H2,2H3,(H,23,24)/b10-9+/t13?,14-,15+/m0/s1. The van der Waals surface area contributed by atoms with Crippen LogP contribution in [0.2, 0.25) is 0 Å². The van der Waals surface area contributed by atoms with Crippen molar-refractivity contribution in [3.8, 4) is 0 Å². The molecule has 0 aliphatic carbocycles. The molecule has 1 heterocycles. The zero-order chi connectivity index (χ0) is 19.0. The summed E-state index contributed by atoms with van der Waals surface area (Å²) in [6.07, 6.45) is 5.57. The molecule has 1 aliphatic rings. The second-order valence-corrected chi connectivity index (χ2v) is 6.50. The van der Waals surface area contributed by atoms with Gasteiger partial charge in [-0.25, -0.2) is 0 Å². The molecule has 1 saturated heterocycles. The van der Waals surface area contributed by atoms with E-state index in [1.165, 1.54) is 12.2 Å². The number of unbranched alkanes of at least 4 members (excludes halogenated alkanes) is 3. The van der Waals surface area contributed by atoms with Crippen LogP contribution in [-0.4, -0.2) is 51.6 Å². The minimum Gasteiger partial charge on any atom is -0.481 e. The lowest BCUT2D eigenvalue weighted by Gasteiger charge is -2.22. The monoisotopic (exact) mass is 359 g/mol. The fraction of sp³-hybridized carbons (Fsp3) is 0.667. The highest BCUT2D eigenvalue weighted by Crippen LogP contribution is 2.34. The quantitative estimate of drug-likeness (QED) is 0.439. The predicted molar refractivity (Wildman–Crippen MR) is 90.3 cm³/mol. The average molecular weight is 359 g/mol. The maximum atomic E-state index is 13.7. The maximum absolute atomic E-state index is 13.7. The Morgan fingerprint density at radius 1 is 1.40 bits per heavy atom. The first kappa shape index (κ1) is 21.3. The van der Waals surface area contributed by atoms with Crippen LogP contribution in [0.25, 0.3) is 0 Å². The number of carbonyl (C=O) groups excluding carboxylic acids is 1. The summed E-state index contributed by atoms with van der Waals surface area (Å²) >= 11 is 0. The lowest BCUT2D eigenvalue weighted by Crippen LogP contribution is -2.36. The fourth-order valence-electron chi connectivity index (χ4n) is 2.73. The van der Waals surface area contributed by atoms with E-state index in [1.54, 1.807) is 13.0 Å². The number of likely N-dealkylation sites (tertiary alicyclic amines) is 1. The number of carboxylic acid groups (broad SMARTS) is 1. The summed E-state index contributed by atoms with van der Waals surface area (Å²) in [5, 5.41) is 18.4.